The van der Waals surface area contributed by atoms with E-state index in [9.17, 15) is 0 Å². The minimum Gasteiger partial charge on any atom is -0.384 e. The Morgan fingerprint density at radius 1 is 1.17 bits per heavy atom. The Labute approximate surface area is 106 Å². The van der Waals surface area contributed by atoms with E-state index in [-0.39, 0.29) is 6.10 Å². The molecule has 1 aliphatic heterocycles. The van der Waals surface area contributed by atoms with E-state index in [1.165, 1.54) is 0 Å². The molecule has 1 atom stereocenters. The van der Waals surface area contributed by atoms with Gasteiger partial charge in [-0.2, -0.15) is 0 Å². The van der Waals surface area contributed by atoms with Gasteiger partial charge in [-0.25, -0.2) is 9.97 Å². The van der Waals surface area contributed by atoms with Crippen LogP contribution in [0.5, 0.6) is 0 Å². The summed E-state index contributed by atoms with van der Waals surface area (Å²) in [6.45, 7) is 0.781. The number of ether oxygens (including phenoxy) is 1. The molecular formula is C14H15N3O. The topological polar surface area (TPSA) is 61.0 Å². The molecule has 0 saturated carbocycles. The van der Waals surface area contributed by atoms with Crippen LogP contribution < -0.4 is 5.73 Å². The van der Waals surface area contributed by atoms with Gasteiger partial charge in [0.2, 0.25) is 0 Å². The molecule has 0 bridgehead atoms. The lowest BCUT2D eigenvalue weighted by atomic mass is 10.1. The van der Waals surface area contributed by atoms with E-state index in [2.05, 4.69) is 9.97 Å². The quantitative estimate of drug-likeness (QED) is 0.877. The van der Waals surface area contributed by atoms with Crippen molar-refractivity contribution in [3.05, 3.63) is 42.2 Å². The number of nitrogens with two attached hydrogens (primary N) is 1. The highest BCUT2D eigenvalue weighted by Crippen LogP contribution is 2.28. The number of hydrogen-bond donors (Lipinski definition) is 1. The molecule has 1 unspecified atom stereocenters. The van der Waals surface area contributed by atoms with Crippen molar-refractivity contribution in [3.8, 4) is 11.3 Å². The lowest BCUT2D eigenvalue weighted by molar-refractivity contribution is 0.105. The van der Waals surface area contributed by atoms with Crippen LogP contribution in [-0.2, 0) is 4.74 Å². The van der Waals surface area contributed by atoms with E-state index in [1.54, 1.807) is 6.07 Å². The average molecular weight is 241 g/mol. The first kappa shape index (κ1) is 11.2. The standard InChI is InChI=1S/C14H15N3O/c15-13-9-11(10-5-2-1-3-6-10)16-14(17-13)12-7-4-8-18-12/h1-3,5-6,9,12H,4,7-8H2,(H2,15,16,17). The summed E-state index contributed by atoms with van der Waals surface area (Å²) in [5.41, 5.74) is 7.76. The molecule has 2 heterocycles. The monoisotopic (exact) mass is 241 g/mol. The third kappa shape index (κ3) is 2.19. The summed E-state index contributed by atoms with van der Waals surface area (Å²) < 4.78 is 5.60. The van der Waals surface area contributed by atoms with Crippen LogP contribution in [0, 0.1) is 0 Å². The Morgan fingerprint density at radius 2 is 2.00 bits per heavy atom. The maximum Gasteiger partial charge on any atom is 0.160 e. The maximum atomic E-state index is 5.86. The van der Waals surface area contributed by atoms with Crippen molar-refractivity contribution in [2.24, 2.45) is 0 Å². The van der Waals surface area contributed by atoms with Gasteiger partial charge >= 0.3 is 0 Å². The van der Waals surface area contributed by atoms with Gasteiger partial charge in [-0.1, -0.05) is 30.3 Å². The number of nitrogens with zero attached hydrogens (tertiary/aromatic N) is 2. The molecule has 92 valence electrons. The van der Waals surface area contributed by atoms with Gasteiger partial charge in [-0.05, 0) is 12.8 Å². The Kier molecular flexibility index (Phi) is 2.94. The molecule has 4 nitrogen and oxygen atoms in total. The van der Waals surface area contributed by atoms with Crippen molar-refractivity contribution >= 4 is 5.82 Å². The van der Waals surface area contributed by atoms with Gasteiger partial charge in [-0.3, -0.25) is 0 Å². The molecule has 2 N–H and O–H groups in total. The number of rotatable bonds is 2. The van der Waals surface area contributed by atoms with Gasteiger partial charge in [0.05, 0.1) is 5.69 Å². The number of benzene rings is 1. The van der Waals surface area contributed by atoms with E-state index in [0.29, 0.717) is 11.6 Å². The van der Waals surface area contributed by atoms with E-state index >= 15 is 0 Å². The first-order chi connectivity index (χ1) is 8.83. The van der Waals surface area contributed by atoms with Crippen LogP contribution in [0.1, 0.15) is 24.8 Å². The Balaban J connectivity index is 2.00. The minimum absolute atomic E-state index is 0.00374. The third-order valence-corrected chi connectivity index (χ3v) is 3.05. The molecule has 3 rings (SSSR count). The number of aromatic nitrogens is 2. The molecule has 2 aromatic rings. The molecule has 0 amide bonds. The summed E-state index contributed by atoms with van der Waals surface area (Å²) in [6, 6.07) is 11.8. The molecule has 1 saturated heterocycles. The Hall–Kier alpha value is -1.94. The largest absolute Gasteiger partial charge is 0.384 e. The zero-order valence-electron chi connectivity index (χ0n) is 10.0. The number of anilines is 1. The average Bonchev–Trinajstić information content (AvgIpc) is 2.93. The van der Waals surface area contributed by atoms with Gasteiger partial charge in [0.1, 0.15) is 11.9 Å². The lowest BCUT2D eigenvalue weighted by Crippen LogP contribution is -2.06. The molecule has 1 fully saturated rings. The van der Waals surface area contributed by atoms with Crippen molar-refractivity contribution in [3.63, 3.8) is 0 Å². The zero-order chi connectivity index (χ0) is 12.4. The fourth-order valence-electron chi connectivity index (χ4n) is 2.17. The van der Waals surface area contributed by atoms with Crippen LogP contribution in [0.25, 0.3) is 11.3 Å². The zero-order valence-corrected chi connectivity index (χ0v) is 10.0. The van der Waals surface area contributed by atoms with Gasteiger partial charge in [0.25, 0.3) is 0 Å². The van der Waals surface area contributed by atoms with E-state index in [4.69, 9.17) is 10.5 Å². The predicted molar refractivity (Wildman–Crippen MR) is 69.8 cm³/mol. The second kappa shape index (κ2) is 4.74. The van der Waals surface area contributed by atoms with Gasteiger partial charge in [-0.15, -0.1) is 0 Å². The summed E-state index contributed by atoms with van der Waals surface area (Å²) in [7, 11) is 0. The number of nitrogen functional groups attached to an aromatic ring is 1. The van der Waals surface area contributed by atoms with Crippen LogP contribution in [0.4, 0.5) is 5.82 Å². The summed E-state index contributed by atoms with van der Waals surface area (Å²) >= 11 is 0. The van der Waals surface area contributed by atoms with Crippen LogP contribution >= 0.6 is 0 Å². The van der Waals surface area contributed by atoms with Crippen molar-refractivity contribution in [2.45, 2.75) is 18.9 Å². The molecular weight excluding hydrogens is 226 g/mol. The van der Waals surface area contributed by atoms with Crippen molar-refractivity contribution in [1.82, 2.24) is 9.97 Å². The summed E-state index contributed by atoms with van der Waals surface area (Å²) in [5, 5.41) is 0. The molecule has 0 spiro atoms. The molecule has 4 heteroatoms. The predicted octanol–water partition coefficient (Wildman–Crippen LogP) is 2.58. The molecule has 0 aliphatic carbocycles. The second-order valence-corrected chi connectivity index (χ2v) is 4.40. The SMILES string of the molecule is Nc1cc(-c2ccccc2)nc(C2CCCO2)n1. The summed E-state index contributed by atoms with van der Waals surface area (Å²) in [4.78, 5) is 8.85. The second-order valence-electron chi connectivity index (χ2n) is 4.40. The fourth-order valence-corrected chi connectivity index (χ4v) is 2.17. The van der Waals surface area contributed by atoms with E-state index in [0.717, 1.165) is 30.7 Å². The molecule has 18 heavy (non-hydrogen) atoms. The number of hydrogen-bond acceptors (Lipinski definition) is 4. The van der Waals surface area contributed by atoms with Gasteiger partial charge in [0.15, 0.2) is 5.82 Å². The molecule has 0 radical (unpaired) electrons. The van der Waals surface area contributed by atoms with E-state index < -0.39 is 0 Å². The fraction of sp³-hybridized carbons (Fsp3) is 0.286. The van der Waals surface area contributed by atoms with Crippen LogP contribution in [0.15, 0.2) is 36.4 Å². The Bertz CT molecular complexity index is 536. The maximum absolute atomic E-state index is 5.86. The summed E-state index contributed by atoms with van der Waals surface area (Å²) in [6.07, 6.45) is 2.03. The van der Waals surface area contributed by atoms with Crippen LogP contribution in [0.3, 0.4) is 0 Å². The third-order valence-electron chi connectivity index (χ3n) is 3.05. The first-order valence-corrected chi connectivity index (χ1v) is 6.14. The van der Waals surface area contributed by atoms with Gasteiger partial charge in [0, 0.05) is 18.2 Å². The highest BCUT2D eigenvalue weighted by Gasteiger charge is 2.21. The minimum atomic E-state index is -0.00374. The molecule has 1 aromatic heterocycles. The van der Waals surface area contributed by atoms with Crippen molar-refractivity contribution in [1.29, 1.82) is 0 Å². The van der Waals surface area contributed by atoms with E-state index in [1.807, 2.05) is 30.3 Å². The summed E-state index contributed by atoms with van der Waals surface area (Å²) in [5.74, 6) is 1.20. The molecule has 1 aromatic carbocycles. The van der Waals surface area contributed by atoms with Crippen LogP contribution in [-0.4, -0.2) is 16.6 Å². The van der Waals surface area contributed by atoms with Gasteiger partial charge < -0.3 is 10.5 Å². The lowest BCUT2D eigenvalue weighted by Gasteiger charge is -2.10. The Morgan fingerprint density at radius 3 is 2.72 bits per heavy atom. The van der Waals surface area contributed by atoms with Crippen LogP contribution in [0.2, 0.25) is 0 Å². The van der Waals surface area contributed by atoms with Crippen molar-refractivity contribution < 1.29 is 4.74 Å². The highest BCUT2D eigenvalue weighted by molar-refractivity contribution is 5.61. The smallest absolute Gasteiger partial charge is 0.160 e. The molecule has 1 aliphatic rings. The van der Waals surface area contributed by atoms with Crippen molar-refractivity contribution in [2.75, 3.05) is 12.3 Å². The normalized spacial score (nSPS) is 19.0. The highest BCUT2D eigenvalue weighted by atomic mass is 16.5. The first-order valence-electron chi connectivity index (χ1n) is 6.14.